The molecule has 52 heavy (non-hydrogen) atoms. The molecule has 2 aliphatic rings. The van der Waals surface area contributed by atoms with Gasteiger partial charge in [0.1, 0.15) is 5.69 Å². The number of aryl methyl sites for hydroxylation is 1. The van der Waals surface area contributed by atoms with E-state index in [2.05, 4.69) is 110 Å². The summed E-state index contributed by atoms with van der Waals surface area (Å²) in [5.41, 5.74) is 5.79. The molecule has 0 amide bonds. The van der Waals surface area contributed by atoms with Crippen LogP contribution in [-0.4, -0.2) is 97.4 Å². The third-order valence-corrected chi connectivity index (χ3v) is 11.2. The molecule has 0 bridgehead atoms. The van der Waals surface area contributed by atoms with E-state index in [0.717, 1.165) is 93.4 Å². The normalized spacial score (nSPS) is 15.4. The van der Waals surface area contributed by atoms with Gasteiger partial charge < -0.3 is 9.80 Å². The van der Waals surface area contributed by atoms with Gasteiger partial charge in [0.2, 0.25) is 10.3 Å². The molecule has 0 unspecified atom stereocenters. The molecule has 0 N–H and O–H groups in total. The molecule has 0 spiro atoms. The molecule has 0 atom stereocenters. The monoisotopic (exact) mass is 770 g/mol. The summed E-state index contributed by atoms with van der Waals surface area (Å²) in [7, 11) is 0. The molecule has 0 aliphatic carbocycles. The van der Waals surface area contributed by atoms with Crippen LogP contribution in [0.15, 0.2) is 91.4 Å². The Balaban J connectivity index is 0.000000162. The van der Waals surface area contributed by atoms with Crippen LogP contribution in [0.2, 0.25) is 10.0 Å². The molecule has 2 aromatic carbocycles. The number of aromatic nitrogens is 6. The van der Waals surface area contributed by atoms with E-state index >= 15 is 0 Å². The summed E-state index contributed by atoms with van der Waals surface area (Å²) in [4.78, 5) is 27.4. The summed E-state index contributed by atoms with van der Waals surface area (Å²) < 4.78 is 8.93. The van der Waals surface area contributed by atoms with Crippen molar-refractivity contribution in [3.63, 3.8) is 0 Å². The maximum atomic E-state index is 6.01. The second-order valence-corrected chi connectivity index (χ2v) is 15.1. The highest BCUT2D eigenvalue weighted by molar-refractivity contribution is 7.10. The zero-order chi connectivity index (χ0) is 35.7. The lowest BCUT2D eigenvalue weighted by Crippen LogP contribution is -2.47. The molecule has 6 aromatic rings. The molecular weight excluding hydrogens is 732 g/mol. The number of halogens is 2. The number of nitrogens with zero attached hydrogens (tertiary/aromatic N) is 10. The quantitative estimate of drug-likeness (QED) is 0.147. The second kappa shape index (κ2) is 17.7. The van der Waals surface area contributed by atoms with Crippen LogP contribution in [0.5, 0.6) is 0 Å². The Hall–Kier alpha value is -4.04. The predicted octanol–water partition coefficient (Wildman–Crippen LogP) is 7.50. The van der Waals surface area contributed by atoms with E-state index in [-0.39, 0.29) is 0 Å². The van der Waals surface area contributed by atoms with Crippen molar-refractivity contribution in [3.05, 3.63) is 118 Å². The van der Waals surface area contributed by atoms with E-state index in [4.69, 9.17) is 23.2 Å². The maximum Gasteiger partial charge on any atom is 0.205 e. The Morgan fingerprint density at radius 3 is 1.98 bits per heavy atom. The Morgan fingerprint density at radius 2 is 1.31 bits per heavy atom. The van der Waals surface area contributed by atoms with E-state index < -0.39 is 0 Å². The summed E-state index contributed by atoms with van der Waals surface area (Å²) in [6, 6.07) is 24.8. The van der Waals surface area contributed by atoms with Gasteiger partial charge in [0.15, 0.2) is 11.6 Å². The molecule has 6 heterocycles. The fourth-order valence-corrected chi connectivity index (χ4v) is 7.92. The average Bonchev–Trinajstić information content (AvgIpc) is 3.88. The molecule has 10 nitrogen and oxygen atoms in total. The van der Waals surface area contributed by atoms with Crippen LogP contribution < -0.4 is 9.80 Å². The predicted molar refractivity (Wildman–Crippen MR) is 214 cm³/mol. The van der Waals surface area contributed by atoms with E-state index in [1.165, 1.54) is 39.8 Å². The van der Waals surface area contributed by atoms with Crippen LogP contribution in [0.3, 0.4) is 0 Å². The molecule has 0 radical (unpaired) electrons. The lowest BCUT2D eigenvalue weighted by atomic mass is 10.1. The van der Waals surface area contributed by atoms with Crippen molar-refractivity contribution in [2.45, 2.75) is 19.9 Å². The number of pyridine rings is 2. The zero-order valence-corrected chi connectivity index (χ0v) is 32.1. The summed E-state index contributed by atoms with van der Waals surface area (Å²) >= 11 is 14.8. The van der Waals surface area contributed by atoms with Gasteiger partial charge in [0, 0.05) is 113 Å². The van der Waals surface area contributed by atoms with Gasteiger partial charge in [-0.25, -0.2) is 0 Å². The summed E-state index contributed by atoms with van der Waals surface area (Å²) in [5, 5.41) is 3.16. The van der Waals surface area contributed by atoms with Gasteiger partial charge >= 0.3 is 0 Å². The first-order valence-electron chi connectivity index (χ1n) is 17.4. The number of benzene rings is 2. The molecule has 2 fully saturated rings. The SMILES string of the molecule is Cc1ccccc1CN1CCN(c2nc(-c3ccc(Cl)cn3)ns2)CC1.Clc1cncc(-c2nsc(N3CCN(CCc4ccccc4)CC3)n2)c1. The van der Waals surface area contributed by atoms with Gasteiger partial charge in [-0.3, -0.25) is 19.8 Å². The molecule has 268 valence electrons. The van der Waals surface area contributed by atoms with Crippen LogP contribution >= 0.6 is 46.3 Å². The summed E-state index contributed by atoms with van der Waals surface area (Å²) in [5.74, 6) is 1.37. The van der Waals surface area contributed by atoms with Crippen molar-refractivity contribution < 1.29 is 0 Å². The molecular formula is C38H40Cl2N10S2. The standard InChI is InChI=1S/2C19H20ClN5S/c1-14-4-2-3-5-15(14)13-24-8-10-25(11-9-24)19-22-18(23-26-19)17-7-6-16(20)12-21-17;20-17-12-16(13-21-14-17)18-22-19(26-23-18)25-10-8-24(9-11-25)7-6-15-4-2-1-3-5-15/h2-7,12H,8-11,13H2,1H3;1-5,12-14H,6-11H2. The third-order valence-electron chi connectivity index (χ3n) is 9.25. The van der Waals surface area contributed by atoms with Gasteiger partial charge in [-0.2, -0.15) is 18.7 Å². The highest BCUT2D eigenvalue weighted by Gasteiger charge is 2.22. The molecule has 2 saturated heterocycles. The number of piperazine rings is 2. The average molecular weight is 772 g/mol. The van der Waals surface area contributed by atoms with Crippen molar-refractivity contribution in [2.75, 3.05) is 68.7 Å². The van der Waals surface area contributed by atoms with E-state index in [9.17, 15) is 0 Å². The minimum atomic E-state index is 0.603. The largest absolute Gasteiger partial charge is 0.344 e. The van der Waals surface area contributed by atoms with Crippen LogP contribution in [0.25, 0.3) is 22.9 Å². The molecule has 2 aliphatic heterocycles. The maximum absolute atomic E-state index is 6.01. The number of rotatable bonds is 9. The number of anilines is 2. The lowest BCUT2D eigenvalue weighted by molar-refractivity contribution is 0.249. The van der Waals surface area contributed by atoms with E-state index in [0.29, 0.717) is 21.7 Å². The minimum absolute atomic E-state index is 0.603. The molecule has 8 rings (SSSR count). The smallest absolute Gasteiger partial charge is 0.205 e. The highest BCUT2D eigenvalue weighted by Crippen LogP contribution is 2.27. The summed E-state index contributed by atoms with van der Waals surface area (Å²) in [6.07, 6.45) is 6.10. The Kier molecular flexibility index (Phi) is 12.3. The van der Waals surface area contributed by atoms with Crippen LogP contribution in [0.4, 0.5) is 10.3 Å². The first kappa shape index (κ1) is 36.3. The van der Waals surface area contributed by atoms with Gasteiger partial charge in [0.25, 0.3) is 0 Å². The fraction of sp³-hybridized carbons (Fsp3) is 0.316. The molecule has 4 aromatic heterocycles. The summed E-state index contributed by atoms with van der Waals surface area (Å²) in [6.45, 7) is 12.4. The Bertz CT molecular complexity index is 2010. The first-order valence-corrected chi connectivity index (χ1v) is 19.7. The van der Waals surface area contributed by atoms with Gasteiger partial charge in [-0.1, -0.05) is 77.8 Å². The Morgan fingerprint density at radius 1 is 0.654 bits per heavy atom. The van der Waals surface area contributed by atoms with Crippen molar-refractivity contribution in [1.82, 2.24) is 38.5 Å². The fourth-order valence-electron chi connectivity index (χ4n) is 6.17. The number of hydrogen-bond donors (Lipinski definition) is 0. The number of hydrogen-bond acceptors (Lipinski definition) is 12. The van der Waals surface area contributed by atoms with Crippen molar-refractivity contribution >= 4 is 56.5 Å². The van der Waals surface area contributed by atoms with Crippen LogP contribution in [0.1, 0.15) is 16.7 Å². The van der Waals surface area contributed by atoms with E-state index in [1.807, 2.05) is 18.2 Å². The molecule has 14 heteroatoms. The van der Waals surface area contributed by atoms with Crippen molar-refractivity contribution in [1.29, 1.82) is 0 Å². The van der Waals surface area contributed by atoms with Crippen molar-refractivity contribution in [2.24, 2.45) is 0 Å². The van der Waals surface area contributed by atoms with Crippen LogP contribution in [-0.2, 0) is 13.0 Å². The first-order chi connectivity index (χ1) is 25.5. The topological polar surface area (TPSA) is 90.3 Å². The van der Waals surface area contributed by atoms with Gasteiger partial charge in [0.05, 0.1) is 10.0 Å². The van der Waals surface area contributed by atoms with Crippen LogP contribution in [0, 0.1) is 6.92 Å². The van der Waals surface area contributed by atoms with Crippen molar-refractivity contribution in [3.8, 4) is 22.9 Å². The molecule has 0 saturated carbocycles. The van der Waals surface area contributed by atoms with Gasteiger partial charge in [-0.15, -0.1) is 0 Å². The third kappa shape index (κ3) is 9.68. The van der Waals surface area contributed by atoms with Gasteiger partial charge in [-0.05, 0) is 48.2 Å². The lowest BCUT2D eigenvalue weighted by Gasteiger charge is -2.34. The Labute approximate surface area is 323 Å². The minimum Gasteiger partial charge on any atom is -0.344 e. The highest BCUT2D eigenvalue weighted by atomic mass is 35.5. The zero-order valence-electron chi connectivity index (χ0n) is 29.0. The van der Waals surface area contributed by atoms with E-state index in [1.54, 1.807) is 18.6 Å². The second-order valence-electron chi connectivity index (χ2n) is 12.8.